The summed E-state index contributed by atoms with van der Waals surface area (Å²) in [4.78, 5) is 4.62. The fourth-order valence-corrected chi connectivity index (χ4v) is 2.88. The quantitative estimate of drug-likeness (QED) is 0.743. The van der Waals surface area contributed by atoms with Crippen molar-refractivity contribution in [2.24, 2.45) is 0 Å². The Kier molecular flexibility index (Phi) is 3.39. The molecule has 0 amide bonds. The van der Waals surface area contributed by atoms with E-state index in [1.807, 2.05) is 0 Å². The molecule has 18 heavy (non-hydrogen) atoms. The Morgan fingerprint density at radius 2 is 2.33 bits per heavy atom. The summed E-state index contributed by atoms with van der Waals surface area (Å²) in [6, 6.07) is 0.854. The normalized spacial score (nSPS) is 20.6. The van der Waals surface area contributed by atoms with Gasteiger partial charge in [0.2, 0.25) is 0 Å². The number of imidazole rings is 1. The molecule has 0 saturated heterocycles. The van der Waals surface area contributed by atoms with Crippen LogP contribution in [0.2, 0.25) is 0 Å². The van der Waals surface area contributed by atoms with E-state index in [1.165, 1.54) is 43.5 Å². The molecular formula is C15H22N2O. The fourth-order valence-electron chi connectivity index (χ4n) is 2.88. The van der Waals surface area contributed by atoms with Gasteiger partial charge in [-0.3, -0.25) is 4.57 Å². The van der Waals surface area contributed by atoms with E-state index in [0.717, 1.165) is 25.4 Å². The van der Waals surface area contributed by atoms with Crippen molar-refractivity contribution < 1.29 is 4.74 Å². The van der Waals surface area contributed by atoms with E-state index in [1.54, 1.807) is 0 Å². The lowest BCUT2D eigenvalue weighted by Crippen LogP contribution is -2.15. The second-order valence-corrected chi connectivity index (χ2v) is 5.37. The topological polar surface area (TPSA) is 27.1 Å². The van der Waals surface area contributed by atoms with Crippen molar-refractivity contribution in [2.75, 3.05) is 0 Å². The highest BCUT2D eigenvalue weighted by atomic mass is 16.5. The zero-order chi connectivity index (χ0) is 12.4. The third-order valence-electron chi connectivity index (χ3n) is 3.91. The summed E-state index contributed by atoms with van der Waals surface area (Å²) in [6.45, 7) is 3.24. The fraction of sp³-hybridized carbons (Fsp3) is 0.667. The van der Waals surface area contributed by atoms with Crippen molar-refractivity contribution >= 4 is 6.08 Å². The Bertz CT molecular complexity index is 448. The van der Waals surface area contributed by atoms with Gasteiger partial charge in [0.25, 0.3) is 6.01 Å². The van der Waals surface area contributed by atoms with Crippen LogP contribution in [-0.2, 0) is 13.0 Å². The molecule has 0 spiro atoms. The van der Waals surface area contributed by atoms with Crippen LogP contribution in [0.15, 0.2) is 6.08 Å². The molecule has 0 bridgehead atoms. The summed E-state index contributed by atoms with van der Waals surface area (Å²) >= 11 is 0. The van der Waals surface area contributed by atoms with Gasteiger partial charge < -0.3 is 4.74 Å². The smallest absolute Gasteiger partial charge is 0.297 e. The molecule has 0 unspecified atom stereocenters. The predicted molar refractivity (Wildman–Crippen MR) is 72.8 cm³/mol. The van der Waals surface area contributed by atoms with E-state index in [2.05, 4.69) is 28.6 Å². The van der Waals surface area contributed by atoms with Crippen molar-refractivity contribution in [3.8, 4) is 6.01 Å². The lowest BCUT2D eigenvalue weighted by atomic mass is 10.1. The van der Waals surface area contributed by atoms with E-state index in [-0.39, 0.29) is 0 Å². The van der Waals surface area contributed by atoms with Gasteiger partial charge in [0.15, 0.2) is 0 Å². The van der Waals surface area contributed by atoms with Gasteiger partial charge in [-0.15, -0.1) is 0 Å². The number of hydrogen-bond acceptors (Lipinski definition) is 2. The number of allylic oxidation sites excluding steroid dienone is 1. The average Bonchev–Trinajstić information content (AvgIpc) is 2.91. The molecule has 1 atom stereocenters. The number of aryl methyl sites for hydroxylation is 1. The van der Waals surface area contributed by atoms with Crippen LogP contribution in [0, 0.1) is 0 Å². The van der Waals surface area contributed by atoms with Gasteiger partial charge in [-0.2, -0.15) is 4.98 Å². The van der Waals surface area contributed by atoms with Crippen LogP contribution in [-0.4, -0.2) is 15.7 Å². The standard InChI is InChI=1S/C15H22N2O/c1-2-3-4-5-8-12-11-17-14-10-7-6-9-13(14)16-15(17)18-12/h7,10,12H,2-6,8-9,11H2,1H3/t12-/m0/s1. The summed E-state index contributed by atoms with van der Waals surface area (Å²) in [5.41, 5.74) is 2.50. The summed E-state index contributed by atoms with van der Waals surface area (Å²) < 4.78 is 8.22. The van der Waals surface area contributed by atoms with Crippen molar-refractivity contribution in [3.63, 3.8) is 0 Å². The molecule has 3 nitrogen and oxygen atoms in total. The molecule has 3 rings (SSSR count). The second-order valence-electron chi connectivity index (χ2n) is 5.37. The van der Waals surface area contributed by atoms with Crippen LogP contribution >= 0.6 is 0 Å². The molecule has 0 saturated carbocycles. The summed E-state index contributed by atoms with van der Waals surface area (Å²) in [5, 5.41) is 0. The van der Waals surface area contributed by atoms with Crippen molar-refractivity contribution in [2.45, 2.75) is 64.5 Å². The Morgan fingerprint density at radius 1 is 1.39 bits per heavy atom. The minimum Gasteiger partial charge on any atom is -0.459 e. The number of aromatic nitrogens is 2. The highest BCUT2D eigenvalue weighted by molar-refractivity contribution is 5.52. The number of fused-ring (bicyclic) bond motifs is 3. The van der Waals surface area contributed by atoms with Crippen molar-refractivity contribution in [3.05, 3.63) is 17.5 Å². The number of ether oxygens (including phenoxy) is 1. The largest absolute Gasteiger partial charge is 0.459 e. The third-order valence-corrected chi connectivity index (χ3v) is 3.91. The van der Waals surface area contributed by atoms with Crippen LogP contribution in [0.4, 0.5) is 0 Å². The first-order valence-electron chi connectivity index (χ1n) is 7.31. The minimum absolute atomic E-state index is 0.352. The van der Waals surface area contributed by atoms with Gasteiger partial charge in [-0.25, -0.2) is 0 Å². The minimum atomic E-state index is 0.352. The van der Waals surface area contributed by atoms with Gasteiger partial charge in [0.05, 0.1) is 17.9 Å². The monoisotopic (exact) mass is 246 g/mol. The van der Waals surface area contributed by atoms with Crippen LogP contribution in [0.25, 0.3) is 6.08 Å². The first-order chi connectivity index (χ1) is 8.88. The lowest BCUT2D eigenvalue weighted by Gasteiger charge is -2.10. The molecule has 0 N–H and O–H groups in total. The molecule has 98 valence electrons. The highest BCUT2D eigenvalue weighted by Crippen LogP contribution is 2.31. The second kappa shape index (κ2) is 5.17. The first kappa shape index (κ1) is 11.8. The lowest BCUT2D eigenvalue weighted by molar-refractivity contribution is 0.208. The van der Waals surface area contributed by atoms with Gasteiger partial charge in [-0.05, 0) is 31.8 Å². The molecular weight excluding hydrogens is 224 g/mol. The van der Waals surface area contributed by atoms with Gasteiger partial charge in [0, 0.05) is 0 Å². The maximum atomic E-state index is 5.96. The summed E-state index contributed by atoms with van der Waals surface area (Å²) in [6.07, 6.45) is 13.4. The van der Waals surface area contributed by atoms with Gasteiger partial charge >= 0.3 is 0 Å². The van der Waals surface area contributed by atoms with Crippen molar-refractivity contribution in [1.29, 1.82) is 0 Å². The Hall–Kier alpha value is -1.25. The Balaban J connectivity index is 1.59. The van der Waals surface area contributed by atoms with Crippen molar-refractivity contribution in [1.82, 2.24) is 9.55 Å². The van der Waals surface area contributed by atoms with E-state index in [0.29, 0.717) is 6.10 Å². The van der Waals surface area contributed by atoms with Gasteiger partial charge in [-0.1, -0.05) is 32.3 Å². The maximum absolute atomic E-state index is 5.96. The first-order valence-corrected chi connectivity index (χ1v) is 7.31. The number of rotatable bonds is 5. The molecule has 1 aliphatic heterocycles. The van der Waals surface area contributed by atoms with E-state index in [4.69, 9.17) is 4.74 Å². The SMILES string of the molecule is CCCCCC[C@H]1Cn2c(nc3c2C=CCC3)O1. The molecule has 3 heteroatoms. The van der Waals surface area contributed by atoms with E-state index >= 15 is 0 Å². The predicted octanol–water partition coefficient (Wildman–Crippen LogP) is 3.57. The highest BCUT2D eigenvalue weighted by Gasteiger charge is 2.28. The van der Waals surface area contributed by atoms with Crippen LogP contribution in [0.1, 0.15) is 56.8 Å². The van der Waals surface area contributed by atoms with E-state index < -0.39 is 0 Å². The maximum Gasteiger partial charge on any atom is 0.297 e. The number of nitrogens with zero attached hydrogens (tertiary/aromatic N) is 2. The molecule has 0 fully saturated rings. The Labute approximate surface area is 109 Å². The zero-order valence-electron chi connectivity index (χ0n) is 11.2. The van der Waals surface area contributed by atoms with Crippen LogP contribution < -0.4 is 4.74 Å². The van der Waals surface area contributed by atoms with Crippen LogP contribution in [0.3, 0.4) is 0 Å². The van der Waals surface area contributed by atoms with E-state index in [9.17, 15) is 0 Å². The zero-order valence-corrected chi connectivity index (χ0v) is 11.2. The van der Waals surface area contributed by atoms with Crippen LogP contribution in [0.5, 0.6) is 6.01 Å². The number of unbranched alkanes of at least 4 members (excludes halogenated alkanes) is 3. The molecule has 0 radical (unpaired) electrons. The number of hydrogen-bond donors (Lipinski definition) is 0. The molecule has 1 aliphatic carbocycles. The molecule has 2 heterocycles. The summed E-state index contributed by atoms with van der Waals surface area (Å²) in [7, 11) is 0. The molecule has 2 aliphatic rings. The third kappa shape index (κ3) is 2.18. The molecule has 1 aromatic heterocycles. The summed E-state index contributed by atoms with van der Waals surface area (Å²) in [5.74, 6) is 0. The Morgan fingerprint density at radius 3 is 3.22 bits per heavy atom. The average molecular weight is 246 g/mol. The molecule has 1 aromatic rings. The van der Waals surface area contributed by atoms with Gasteiger partial charge in [0.1, 0.15) is 6.10 Å². The molecule has 0 aromatic carbocycles.